The summed E-state index contributed by atoms with van der Waals surface area (Å²) in [5.74, 6) is -1.96. The molecule has 0 saturated carbocycles. The lowest BCUT2D eigenvalue weighted by Crippen LogP contribution is -2.28. The number of amides is 1. The van der Waals surface area contributed by atoms with Gasteiger partial charge in [0.15, 0.2) is 11.6 Å². The molecule has 2 aromatic rings. The third-order valence-electron chi connectivity index (χ3n) is 5.50. The van der Waals surface area contributed by atoms with Crippen LogP contribution in [0.2, 0.25) is 0 Å². The molecule has 0 aliphatic carbocycles. The van der Waals surface area contributed by atoms with Gasteiger partial charge in [-0.3, -0.25) is 9.48 Å². The lowest BCUT2D eigenvalue weighted by Gasteiger charge is -2.23. The van der Waals surface area contributed by atoms with E-state index in [0.29, 0.717) is 6.04 Å². The van der Waals surface area contributed by atoms with Crippen LogP contribution in [0.25, 0.3) is 0 Å². The minimum atomic E-state index is -0.940. The van der Waals surface area contributed by atoms with Crippen LogP contribution in [-0.4, -0.2) is 48.2 Å². The summed E-state index contributed by atoms with van der Waals surface area (Å²) in [5.41, 5.74) is 1.79. The van der Waals surface area contributed by atoms with Gasteiger partial charge in [0.25, 0.3) is 5.91 Å². The number of hydrogen-bond acceptors (Lipinski definition) is 5. The number of benzene rings is 1. The topological polar surface area (TPSA) is 74.6 Å². The van der Waals surface area contributed by atoms with Gasteiger partial charge in [-0.05, 0) is 51.7 Å². The van der Waals surface area contributed by atoms with Gasteiger partial charge < -0.3 is 19.5 Å². The first kappa shape index (κ1) is 23.1. The number of anilines is 1. The second-order valence-corrected chi connectivity index (χ2v) is 7.69. The molecule has 0 spiro atoms. The summed E-state index contributed by atoms with van der Waals surface area (Å²) in [6.45, 7) is 5.55. The summed E-state index contributed by atoms with van der Waals surface area (Å²) in [4.78, 5) is 12.2. The smallest absolute Gasteiger partial charge is 0.253 e. The number of ether oxygens (including phenoxy) is 3. The normalized spacial score (nSPS) is 21.3. The highest BCUT2D eigenvalue weighted by Gasteiger charge is 2.29. The monoisotopic (exact) mass is 437 g/mol. The molecule has 0 bridgehead atoms. The summed E-state index contributed by atoms with van der Waals surface area (Å²) in [5, 5.41) is 7.39. The highest BCUT2D eigenvalue weighted by molar-refractivity contribution is 5.94. The Kier molecular flexibility index (Phi) is 7.97. The standard InChI is InChI=1S/C15H23N3O3.C7H6F2O/c1-10-3-4-14(21-10)15(19)17-13-9-16-18(11(13)2)12-5-7-20-8-6-12;1-10-6-4-2-3-5(8)7(6)9/h9-10,12,14H,3-8H2,1-2H3,(H,17,19);2-4H,1H3. The highest BCUT2D eigenvalue weighted by atomic mass is 19.2. The number of halogens is 2. The Morgan fingerprint density at radius 3 is 2.58 bits per heavy atom. The number of hydrogen-bond donors (Lipinski definition) is 1. The molecular weight excluding hydrogens is 408 g/mol. The number of carbonyl (C=O) groups is 1. The van der Waals surface area contributed by atoms with Crippen LogP contribution in [0, 0.1) is 18.6 Å². The summed E-state index contributed by atoms with van der Waals surface area (Å²) >= 11 is 0. The van der Waals surface area contributed by atoms with Gasteiger partial charge in [-0.1, -0.05) is 6.07 Å². The van der Waals surface area contributed by atoms with Gasteiger partial charge in [0, 0.05) is 13.2 Å². The van der Waals surface area contributed by atoms with E-state index < -0.39 is 11.6 Å². The summed E-state index contributed by atoms with van der Waals surface area (Å²) in [6, 6.07) is 4.15. The fourth-order valence-electron chi connectivity index (χ4n) is 3.69. The predicted molar refractivity (Wildman–Crippen MR) is 111 cm³/mol. The molecule has 2 atom stereocenters. The Morgan fingerprint density at radius 1 is 1.23 bits per heavy atom. The van der Waals surface area contributed by atoms with Crippen molar-refractivity contribution in [2.75, 3.05) is 25.6 Å². The quantitative estimate of drug-likeness (QED) is 0.782. The first-order chi connectivity index (χ1) is 14.9. The zero-order chi connectivity index (χ0) is 22.4. The van der Waals surface area contributed by atoms with Crippen molar-refractivity contribution < 1.29 is 27.8 Å². The molecule has 1 N–H and O–H groups in total. The van der Waals surface area contributed by atoms with E-state index in [4.69, 9.17) is 9.47 Å². The largest absolute Gasteiger partial charge is 0.494 e. The van der Waals surface area contributed by atoms with Crippen molar-refractivity contribution in [3.63, 3.8) is 0 Å². The lowest BCUT2D eigenvalue weighted by atomic mass is 10.1. The van der Waals surface area contributed by atoms with E-state index in [0.717, 1.165) is 56.3 Å². The van der Waals surface area contributed by atoms with Crippen LogP contribution in [0.4, 0.5) is 14.5 Å². The van der Waals surface area contributed by atoms with Crippen LogP contribution in [0.5, 0.6) is 5.75 Å². The second kappa shape index (κ2) is 10.7. The van der Waals surface area contributed by atoms with E-state index in [2.05, 4.69) is 15.2 Å². The minimum absolute atomic E-state index is 0.0611. The van der Waals surface area contributed by atoms with Gasteiger partial charge in [-0.15, -0.1) is 0 Å². The van der Waals surface area contributed by atoms with Crippen LogP contribution >= 0.6 is 0 Å². The molecule has 7 nitrogen and oxygen atoms in total. The second-order valence-electron chi connectivity index (χ2n) is 7.69. The predicted octanol–water partition coefficient (Wildman–Crippen LogP) is 4.02. The molecule has 3 heterocycles. The van der Waals surface area contributed by atoms with E-state index in [-0.39, 0.29) is 23.9 Å². The molecular formula is C22H29F2N3O4. The molecule has 4 rings (SSSR count). The van der Waals surface area contributed by atoms with E-state index in [9.17, 15) is 13.6 Å². The first-order valence-electron chi connectivity index (χ1n) is 10.5. The lowest BCUT2D eigenvalue weighted by molar-refractivity contribution is -0.126. The van der Waals surface area contributed by atoms with Crippen LogP contribution < -0.4 is 10.1 Å². The Hall–Kier alpha value is -2.52. The molecule has 2 saturated heterocycles. The van der Waals surface area contributed by atoms with Gasteiger partial charge in [0.1, 0.15) is 6.10 Å². The highest BCUT2D eigenvalue weighted by Crippen LogP contribution is 2.26. The molecule has 2 fully saturated rings. The van der Waals surface area contributed by atoms with Crippen molar-refractivity contribution in [3.05, 3.63) is 41.7 Å². The molecule has 2 unspecified atom stereocenters. The van der Waals surface area contributed by atoms with E-state index in [1.54, 1.807) is 6.20 Å². The number of aromatic nitrogens is 2. The molecule has 0 radical (unpaired) electrons. The Bertz CT molecular complexity index is 884. The Balaban J connectivity index is 0.000000229. The van der Waals surface area contributed by atoms with E-state index in [1.807, 2.05) is 18.5 Å². The molecule has 1 aromatic carbocycles. The van der Waals surface area contributed by atoms with Gasteiger partial charge in [-0.25, -0.2) is 4.39 Å². The van der Waals surface area contributed by atoms with Crippen LogP contribution in [0.3, 0.4) is 0 Å². The van der Waals surface area contributed by atoms with Crippen molar-refractivity contribution in [2.45, 2.75) is 57.8 Å². The SMILES string of the molecule is COc1cccc(F)c1F.Cc1c(NC(=O)C2CCC(C)O2)cnn1C1CCOCC1. The van der Waals surface area contributed by atoms with Crippen molar-refractivity contribution in [2.24, 2.45) is 0 Å². The number of nitrogens with zero attached hydrogens (tertiary/aromatic N) is 2. The van der Waals surface area contributed by atoms with Crippen molar-refractivity contribution >= 4 is 11.6 Å². The summed E-state index contributed by atoms with van der Waals surface area (Å²) in [6.07, 6.45) is 5.26. The van der Waals surface area contributed by atoms with Crippen molar-refractivity contribution in [1.82, 2.24) is 9.78 Å². The van der Waals surface area contributed by atoms with E-state index >= 15 is 0 Å². The Labute approximate surface area is 180 Å². The maximum Gasteiger partial charge on any atom is 0.253 e. The number of nitrogens with one attached hydrogen (secondary N) is 1. The number of carbonyl (C=O) groups excluding carboxylic acids is 1. The van der Waals surface area contributed by atoms with Gasteiger partial charge >= 0.3 is 0 Å². The average Bonchev–Trinajstić information content (AvgIpc) is 3.37. The average molecular weight is 437 g/mol. The molecule has 170 valence electrons. The number of rotatable bonds is 4. The summed E-state index contributed by atoms with van der Waals surface area (Å²) < 4.78 is 42.3. The molecule has 9 heteroatoms. The molecule has 1 amide bonds. The maximum absolute atomic E-state index is 12.5. The third-order valence-corrected chi connectivity index (χ3v) is 5.50. The minimum Gasteiger partial charge on any atom is -0.494 e. The van der Waals surface area contributed by atoms with Gasteiger partial charge in [-0.2, -0.15) is 9.49 Å². The van der Waals surface area contributed by atoms with E-state index in [1.165, 1.54) is 19.2 Å². The van der Waals surface area contributed by atoms with Gasteiger partial charge in [0.2, 0.25) is 5.82 Å². The third kappa shape index (κ3) is 5.80. The number of methoxy groups -OCH3 is 1. The molecule has 1 aromatic heterocycles. The molecule has 2 aliphatic rings. The molecule has 2 aliphatic heterocycles. The Morgan fingerprint density at radius 2 is 1.97 bits per heavy atom. The van der Waals surface area contributed by atoms with Crippen LogP contribution in [-0.2, 0) is 14.3 Å². The zero-order valence-electron chi connectivity index (χ0n) is 18.1. The van der Waals surface area contributed by atoms with Crippen LogP contribution in [0.1, 0.15) is 44.3 Å². The fourth-order valence-corrected chi connectivity index (χ4v) is 3.69. The molecule has 31 heavy (non-hydrogen) atoms. The zero-order valence-corrected chi connectivity index (χ0v) is 18.1. The van der Waals surface area contributed by atoms with Crippen LogP contribution in [0.15, 0.2) is 24.4 Å². The maximum atomic E-state index is 12.5. The first-order valence-corrected chi connectivity index (χ1v) is 10.5. The summed E-state index contributed by atoms with van der Waals surface area (Å²) in [7, 11) is 1.29. The van der Waals surface area contributed by atoms with Crippen molar-refractivity contribution in [1.29, 1.82) is 0 Å². The van der Waals surface area contributed by atoms with Gasteiger partial charge in [0.05, 0.1) is 36.8 Å². The van der Waals surface area contributed by atoms with Crippen molar-refractivity contribution in [3.8, 4) is 5.75 Å². The fraction of sp³-hybridized carbons (Fsp3) is 0.545.